The molecule has 1 aliphatic heterocycles. The van der Waals surface area contributed by atoms with Gasteiger partial charge in [-0.1, -0.05) is 0 Å². The zero-order chi connectivity index (χ0) is 8.55. The number of rotatable bonds is 1. The van der Waals surface area contributed by atoms with Gasteiger partial charge < -0.3 is 10.3 Å². The van der Waals surface area contributed by atoms with Crippen molar-refractivity contribution in [2.75, 3.05) is 6.54 Å². The van der Waals surface area contributed by atoms with E-state index < -0.39 is 0 Å². The summed E-state index contributed by atoms with van der Waals surface area (Å²) in [6.45, 7) is 1.82. The van der Waals surface area contributed by atoms with Crippen LogP contribution in [-0.2, 0) is 13.0 Å². The molecule has 1 unspecified atom stereocenters. The SMILES string of the molecule is NCC1CCc2c(Br)ncn2C1. The van der Waals surface area contributed by atoms with Gasteiger partial charge in [0.1, 0.15) is 4.60 Å². The van der Waals surface area contributed by atoms with Crippen LogP contribution < -0.4 is 5.73 Å². The minimum atomic E-state index is 0.638. The van der Waals surface area contributed by atoms with Gasteiger partial charge in [-0.15, -0.1) is 0 Å². The molecule has 2 N–H and O–H groups in total. The summed E-state index contributed by atoms with van der Waals surface area (Å²) in [6.07, 6.45) is 4.18. The number of imidazole rings is 1. The van der Waals surface area contributed by atoms with E-state index in [9.17, 15) is 0 Å². The van der Waals surface area contributed by atoms with Gasteiger partial charge in [0.2, 0.25) is 0 Å². The zero-order valence-electron chi connectivity index (χ0n) is 6.83. The van der Waals surface area contributed by atoms with Gasteiger partial charge in [0, 0.05) is 6.54 Å². The molecule has 1 aliphatic rings. The second kappa shape index (κ2) is 3.18. The van der Waals surface area contributed by atoms with E-state index >= 15 is 0 Å². The average Bonchev–Trinajstić information content (AvgIpc) is 2.47. The topological polar surface area (TPSA) is 43.8 Å². The van der Waals surface area contributed by atoms with Gasteiger partial charge in [-0.25, -0.2) is 4.98 Å². The summed E-state index contributed by atoms with van der Waals surface area (Å²) in [5.74, 6) is 0.638. The largest absolute Gasteiger partial charge is 0.333 e. The van der Waals surface area contributed by atoms with E-state index in [0.717, 1.165) is 24.1 Å². The van der Waals surface area contributed by atoms with Crippen LogP contribution in [0.25, 0.3) is 0 Å². The molecule has 2 rings (SSSR count). The first kappa shape index (κ1) is 8.26. The minimum Gasteiger partial charge on any atom is -0.333 e. The van der Waals surface area contributed by atoms with Crippen LogP contribution in [-0.4, -0.2) is 16.1 Å². The molecule has 66 valence electrons. The molecule has 0 spiro atoms. The third-order valence-corrected chi connectivity index (χ3v) is 3.14. The van der Waals surface area contributed by atoms with Crippen LogP contribution in [0.4, 0.5) is 0 Å². The molecule has 2 heterocycles. The number of nitrogens with zero attached hydrogens (tertiary/aromatic N) is 2. The Kier molecular flexibility index (Phi) is 2.19. The third kappa shape index (κ3) is 1.29. The Balaban J connectivity index is 2.24. The molecule has 0 saturated heterocycles. The van der Waals surface area contributed by atoms with Crippen LogP contribution in [0.5, 0.6) is 0 Å². The van der Waals surface area contributed by atoms with Crippen LogP contribution in [0, 0.1) is 5.92 Å². The minimum absolute atomic E-state index is 0.638. The van der Waals surface area contributed by atoms with Crippen molar-refractivity contribution in [2.45, 2.75) is 19.4 Å². The van der Waals surface area contributed by atoms with Crippen LogP contribution in [0.2, 0.25) is 0 Å². The summed E-state index contributed by atoms with van der Waals surface area (Å²) in [6, 6.07) is 0. The molecule has 0 bridgehead atoms. The van der Waals surface area contributed by atoms with Gasteiger partial charge in [-0.3, -0.25) is 0 Å². The molecular formula is C8H12BrN3. The standard InChI is InChI=1S/C8H12BrN3/c9-8-7-2-1-6(3-10)4-12(7)5-11-8/h5-6H,1-4,10H2. The Hall–Kier alpha value is -0.350. The molecule has 1 aromatic rings. The predicted molar refractivity (Wildman–Crippen MR) is 50.8 cm³/mol. The van der Waals surface area contributed by atoms with Crippen LogP contribution in [0.15, 0.2) is 10.9 Å². The number of halogens is 1. The van der Waals surface area contributed by atoms with E-state index in [4.69, 9.17) is 5.73 Å². The molecule has 0 aromatic carbocycles. The predicted octanol–water partition coefficient (Wildman–Crippen LogP) is 1.17. The molecule has 4 heteroatoms. The Morgan fingerprint density at radius 2 is 2.58 bits per heavy atom. The molecule has 0 aliphatic carbocycles. The molecule has 1 aromatic heterocycles. The Bertz CT molecular complexity index is 282. The molecular weight excluding hydrogens is 218 g/mol. The summed E-state index contributed by atoms with van der Waals surface area (Å²) >= 11 is 3.43. The normalized spacial score (nSPS) is 22.3. The fourth-order valence-corrected chi connectivity index (χ4v) is 2.21. The lowest BCUT2D eigenvalue weighted by Crippen LogP contribution is -2.25. The highest BCUT2D eigenvalue weighted by Crippen LogP contribution is 2.24. The van der Waals surface area contributed by atoms with Crippen molar-refractivity contribution in [3.63, 3.8) is 0 Å². The monoisotopic (exact) mass is 229 g/mol. The van der Waals surface area contributed by atoms with E-state index in [1.807, 2.05) is 6.33 Å². The second-order valence-corrected chi connectivity index (χ2v) is 4.03. The zero-order valence-corrected chi connectivity index (χ0v) is 8.42. The fraction of sp³-hybridized carbons (Fsp3) is 0.625. The first-order valence-electron chi connectivity index (χ1n) is 4.21. The molecule has 0 saturated carbocycles. The molecule has 3 nitrogen and oxygen atoms in total. The summed E-state index contributed by atoms with van der Waals surface area (Å²) in [4.78, 5) is 4.21. The third-order valence-electron chi connectivity index (χ3n) is 2.47. The lowest BCUT2D eigenvalue weighted by molar-refractivity contribution is 0.377. The van der Waals surface area contributed by atoms with Crippen LogP contribution in [0.3, 0.4) is 0 Å². The highest BCUT2D eigenvalue weighted by molar-refractivity contribution is 9.10. The van der Waals surface area contributed by atoms with E-state index in [-0.39, 0.29) is 0 Å². The summed E-state index contributed by atoms with van der Waals surface area (Å²) in [5.41, 5.74) is 6.94. The first-order valence-corrected chi connectivity index (χ1v) is 5.00. The highest BCUT2D eigenvalue weighted by Gasteiger charge is 2.19. The molecule has 12 heavy (non-hydrogen) atoms. The highest BCUT2D eigenvalue weighted by atomic mass is 79.9. The van der Waals surface area contributed by atoms with Crippen molar-refractivity contribution in [3.05, 3.63) is 16.6 Å². The van der Waals surface area contributed by atoms with Crippen LogP contribution in [0.1, 0.15) is 12.1 Å². The quantitative estimate of drug-likeness (QED) is 0.786. The molecule has 0 radical (unpaired) electrons. The average molecular weight is 230 g/mol. The Morgan fingerprint density at radius 1 is 1.75 bits per heavy atom. The Labute approximate surface area is 80.1 Å². The number of fused-ring (bicyclic) bond motifs is 1. The van der Waals surface area contributed by atoms with E-state index in [0.29, 0.717) is 5.92 Å². The summed E-state index contributed by atoms with van der Waals surface area (Å²) in [5, 5.41) is 0. The lowest BCUT2D eigenvalue weighted by Gasteiger charge is -2.22. The smallest absolute Gasteiger partial charge is 0.127 e. The first-order chi connectivity index (χ1) is 5.81. The van der Waals surface area contributed by atoms with Crippen molar-refractivity contribution < 1.29 is 0 Å². The van der Waals surface area contributed by atoms with Crippen molar-refractivity contribution in [1.82, 2.24) is 9.55 Å². The Morgan fingerprint density at radius 3 is 3.33 bits per heavy atom. The van der Waals surface area contributed by atoms with Gasteiger partial charge in [0.25, 0.3) is 0 Å². The number of aromatic nitrogens is 2. The van der Waals surface area contributed by atoms with Gasteiger partial charge in [0.05, 0.1) is 12.0 Å². The maximum absolute atomic E-state index is 5.62. The van der Waals surface area contributed by atoms with Gasteiger partial charge in [0.15, 0.2) is 0 Å². The van der Waals surface area contributed by atoms with Gasteiger partial charge in [-0.05, 0) is 41.2 Å². The van der Waals surface area contributed by atoms with Crippen molar-refractivity contribution in [3.8, 4) is 0 Å². The molecule has 0 fully saturated rings. The maximum atomic E-state index is 5.62. The van der Waals surface area contributed by atoms with E-state index in [1.165, 1.54) is 12.1 Å². The van der Waals surface area contributed by atoms with Crippen molar-refractivity contribution >= 4 is 15.9 Å². The lowest BCUT2D eigenvalue weighted by atomic mass is 9.99. The van der Waals surface area contributed by atoms with E-state index in [1.54, 1.807) is 0 Å². The van der Waals surface area contributed by atoms with Gasteiger partial charge in [-0.2, -0.15) is 0 Å². The molecule has 0 amide bonds. The van der Waals surface area contributed by atoms with Crippen LogP contribution >= 0.6 is 15.9 Å². The number of hydrogen-bond acceptors (Lipinski definition) is 2. The van der Waals surface area contributed by atoms with Crippen molar-refractivity contribution in [2.24, 2.45) is 11.7 Å². The maximum Gasteiger partial charge on any atom is 0.127 e. The van der Waals surface area contributed by atoms with E-state index in [2.05, 4.69) is 25.5 Å². The summed E-state index contributed by atoms with van der Waals surface area (Å²) < 4.78 is 3.20. The number of nitrogens with two attached hydrogens (primary N) is 1. The second-order valence-electron chi connectivity index (χ2n) is 3.27. The van der Waals surface area contributed by atoms with Gasteiger partial charge >= 0.3 is 0 Å². The number of hydrogen-bond donors (Lipinski definition) is 1. The fourth-order valence-electron chi connectivity index (χ4n) is 1.69. The van der Waals surface area contributed by atoms with Crippen molar-refractivity contribution in [1.29, 1.82) is 0 Å². The summed E-state index contributed by atoms with van der Waals surface area (Å²) in [7, 11) is 0. The molecule has 1 atom stereocenters.